The predicted molar refractivity (Wildman–Crippen MR) is 231 cm³/mol. The first kappa shape index (κ1) is 44.4. The number of anilines is 1. The minimum Gasteiger partial charge on any atom is -0.409 e. The second kappa shape index (κ2) is 21.9. The van der Waals surface area contributed by atoms with Crippen molar-refractivity contribution in [2.45, 2.75) is 19.3 Å². The molecule has 2 aliphatic rings. The van der Waals surface area contributed by atoms with Gasteiger partial charge in [-0.25, -0.2) is 15.0 Å². The fourth-order valence-electron chi connectivity index (χ4n) is 7.02. The van der Waals surface area contributed by atoms with Gasteiger partial charge in [0.25, 0.3) is 5.91 Å². The van der Waals surface area contributed by atoms with Gasteiger partial charge in [0.2, 0.25) is 5.91 Å². The molecule has 2 aliphatic heterocycles. The maximum Gasteiger partial charge on any atom is 0.415 e. The molecule has 1 aromatic heterocycles. The summed E-state index contributed by atoms with van der Waals surface area (Å²) in [5.41, 5.74) is 11.9. The summed E-state index contributed by atoms with van der Waals surface area (Å²) >= 11 is 3.69. The third-order valence-corrected chi connectivity index (χ3v) is 11.1. The fraction of sp³-hybridized carbons (Fsp3) is 0.452. The number of H-pyrrole nitrogens is 1. The number of carbonyl (C=O) groups excluding carboxylic acids is 4. The highest BCUT2D eigenvalue weighted by molar-refractivity contribution is 9.09. The number of likely N-dealkylation sites (N-methyl/N-ethyl adjacent to an activating group) is 1. The number of ether oxygens (including phenoxy) is 5. The SMILES string of the molecule is C/C(=N\NC(=O)CCOCCOCCOCCOCCNC(N)=O)c1ccc2[nH]c(C(=O)N3C[C@@H](CBr)c4c3cc(OC(=O)N3CCN(C)CC3)c3ccccc43)cc2c1. The number of hydrogen-bond acceptors (Lipinski definition) is 11. The van der Waals surface area contributed by atoms with Crippen LogP contribution in [0.25, 0.3) is 21.7 Å². The number of fused-ring (bicyclic) bond motifs is 4. The number of primary amides is 1. The quantitative estimate of drug-likeness (QED) is 0.0432. The molecule has 17 nitrogen and oxygen atoms in total. The first-order valence-corrected chi connectivity index (χ1v) is 21.1. The van der Waals surface area contributed by atoms with E-state index in [9.17, 15) is 19.2 Å². The molecule has 1 saturated heterocycles. The molecule has 0 unspecified atom stereocenters. The summed E-state index contributed by atoms with van der Waals surface area (Å²) in [5, 5.41) is 9.96. The first-order valence-electron chi connectivity index (χ1n) is 20.0. The van der Waals surface area contributed by atoms with Gasteiger partial charge < -0.3 is 54.4 Å². The van der Waals surface area contributed by atoms with Gasteiger partial charge in [0.15, 0.2) is 0 Å². The number of benzene rings is 3. The van der Waals surface area contributed by atoms with Crippen molar-refractivity contribution < 1.29 is 42.9 Å². The van der Waals surface area contributed by atoms with E-state index in [1.54, 1.807) is 16.7 Å². The largest absolute Gasteiger partial charge is 0.415 e. The average molecular weight is 894 g/mol. The Morgan fingerprint density at radius 1 is 0.867 bits per heavy atom. The highest BCUT2D eigenvalue weighted by Crippen LogP contribution is 2.46. The molecule has 0 spiro atoms. The van der Waals surface area contributed by atoms with Gasteiger partial charge in [0.05, 0.1) is 70.7 Å². The zero-order valence-corrected chi connectivity index (χ0v) is 35.6. The molecule has 1 atom stereocenters. The van der Waals surface area contributed by atoms with E-state index in [0.717, 1.165) is 51.6 Å². The summed E-state index contributed by atoms with van der Waals surface area (Å²) in [6.45, 7) is 8.21. The van der Waals surface area contributed by atoms with Crippen LogP contribution in [0.5, 0.6) is 5.75 Å². The number of nitrogens with zero attached hydrogens (tertiary/aromatic N) is 4. The summed E-state index contributed by atoms with van der Waals surface area (Å²) in [7, 11) is 2.03. The number of hydrogen-bond donors (Lipinski definition) is 4. The molecular formula is C42H53BrN8O9. The van der Waals surface area contributed by atoms with E-state index in [1.807, 2.05) is 61.6 Å². The maximum atomic E-state index is 14.3. The number of amides is 5. The van der Waals surface area contributed by atoms with Crippen LogP contribution < -0.4 is 26.1 Å². The van der Waals surface area contributed by atoms with Crippen molar-refractivity contribution in [3.8, 4) is 5.75 Å². The molecule has 6 rings (SSSR count). The highest BCUT2D eigenvalue weighted by atomic mass is 79.9. The van der Waals surface area contributed by atoms with E-state index in [2.05, 4.69) is 41.7 Å². The number of nitrogens with two attached hydrogens (primary N) is 1. The van der Waals surface area contributed by atoms with Crippen molar-refractivity contribution >= 4 is 72.9 Å². The van der Waals surface area contributed by atoms with Crippen LogP contribution in [0.3, 0.4) is 0 Å². The Kier molecular flexibility index (Phi) is 16.3. The van der Waals surface area contributed by atoms with Crippen molar-refractivity contribution in [1.82, 2.24) is 25.5 Å². The Bertz CT molecular complexity index is 2160. The normalized spacial score (nSPS) is 15.7. The zero-order chi connectivity index (χ0) is 42.4. The van der Waals surface area contributed by atoms with Crippen molar-refractivity contribution in [3.05, 3.63) is 71.4 Å². The number of rotatable bonds is 20. The van der Waals surface area contributed by atoms with Crippen LogP contribution >= 0.6 is 15.9 Å². The van der Waals surface area contributed by atoms with Gasteiger partial charge in [-0.2, -0.15) is 5.10 Å². The lowest BCUT2D eigenvalue weighted by molar-refractivity contribution is -0.122. The van der Waals surface area contributed by atoms with Crippen LogP contribution in [-0.2, 0) is 23.7 Å². The summed E-state index contributed by atoms with van der Waals surface area (Å²) in [6, 6.07) is 16.6. The predicted octanol–water partition coefficient (Wildman–Crippen LogP) is 4.17. The minimum atomic E-state index is -0.585. The number of halogens is 1. The van der Waals surface area contributed by atoms with Gasteiger partial charge >= 0.3 is 12.1 Å². The van der Waals surface area contributed by atoms with Crippen LogP contribution in [0.15, 0.2) is 59.7 Å². The Morgan fingerprint density at radius 3 is 2.22 bits per heavy atom. The van der Waals surface area contributed by atoms with Crippen LogP contribution in [0, 0.1) is 0 Å². The van der Waals surface area contributed by atoms with E-state index in [0.29, 0.717) is 94.9 Å². The van der Waals surface area contributed by atoms with E-state index in [4.69, 9.17) is 29.4 Å². The standard InChI is InChI=1S/C42H53BrN8O9/c1-28(47-48-38(52)9-15-56-17-19-58-21-22-59-20-18-57-16-10-45-41(44)54)29-7-8-34-30(23-29)24-35(46-34)40(53)51-27-31(26-43)39-33-6-4-3-5-32(33)37(25-36(39)51)60-42(55)50-13-11-49(2)12-14-50/h3-8,23-25,31,46H,9-22,26-27H2,1-2H3,(H,48,52)(H3,44,45,54)/b47-28+/t31-/m1/s1. The van der Waals surface area contributed by atoms with Gasteiger partial charge in [-0.3, -0.25) is 9.59 Å². The van der Waals surface area contributed by atoms with Crippen LogP contribution in [0.4, 0.5) is 15.3 Å². The zero-order valence-electron chi connectivity index (χ0n) is 34.0. The highest BCUT2D eigenvalue weighted by Gasteiger charge is 2.36. The van der Waals surface area contributed by atoms with Crippen molar-refractivity contribution in [2.24, 2.45) is 10.8 Å². The third kappa shape index (κ3) is 11.8. The molecule has 60 heavy (non-hydrogen) atoms. The number of aromatic nitrogens is 1. The molecule has 0 bridgehead atoms. The molecule has 5 N–H and O–H groups in total. The summed E-state index contributed by atoms with van der Waals surface area (Å²) in [5.74, 6) is -0.0302. The van der Waals surface area contributed by atoms with Crippen LogP contribution in [-0.4, -0.2) is 149 Å². The first-order chi connectivity index (χ1) is 29.1. The summed E-state index contributed by atoms with van der Waals surface area (Å²) in [6.07, 6.45) is -0.270. The van der Waals surface area contributed by atoms with Gasteiger partial charge in [0, 0.05) is 72.9 Å². The molecule has 0 radical (unpaired) electrons. The Morgan fingerprint density at radius 2 is 1.53 bits per heavy atom. The fourth-order valence-corrected chi connectivity index (χ4v) is 7.55. The topological polar surface area (TPSA) is 202 Å². The summed E-state index contributed by atoms with van der Waals surface area (Å²) < 4.78 is 27.7. The van der Waals surface area contributed by atoms with Gasteiger partial charge in [-0.15, -0.1) is 0 Å². The van der Waals surface area contributed by atoms with Crippen molar-refractivity contribution in [2.75, 3.05) is 109 Å². The van der Waals surface area contributed by atoms with Crippen molar-refractivity contribution in [3.63, 3.8) is 0 Å². The molecule has 4 aromatic rings. The number of hydrazone groups is 1. The molecule has 0 saturated carbocycles. The maximum absolute atomic E-state index is 14.3. The molecular weight excluding hydrogens is 840 g/mol. The number of carbonyl (C=O) groups is 4. The van der Waals surface area contributed by atoms with E-state index in [-0.39, 0.29) is 30.8 Å². The second-order valence-corrected chi connectivity index (χ2v) is 15.1. The Labute approximate surface area is 356 Å². The van der Waals surface area contributed by atoms with Crippen LogP contribution in [0.2, 0.25) is 0 Å². The van der Waals surface area contributed by atoms with E-state index >= 15 is 0 Å². The summed E-state index contributed by atoms with van der Waals surface area (Å²) in [4.78, 5) is 59.6. The Hall–Kier alpha value is -5.11. The lowest BCUT2D eigenvalue weighted by Gasteiger charge is -2.31. The second-order valence-electron chi connectivity index (χ2n) is 14.5. The molecule has 3 heterocycles. The smallest absolute Gasteiger partial charge is 0.409 e. The molecule has 322 valence electrons. The molecule has 0 aliphatic carbocycles. The number of alkyl halides is 1. The molecule has 18 heteroatoms. The van der Waals surface area contributed by atoms with Gasteiger partial charge in [-0.05, 0) is 48.7 Å². The van der Waals surface area contributed by atoms with E-state index < -0.39 is 12.1 Å². The lowest BCUT2D eigenvalue weighted by Crippen LogP contribution is -2.48. The number of urea groups is 1. The molecule has 3 aromatic carbocycles. The third-order valence-electron chi connectivity index (χ3n) is 10.3. The Balaban J connectivity index is 0.990. The number of aromatic amines is 1. The van der Waals surface area contributed by atoms with E-state index in [1.165, 1.54) is 0 Å². The molecule has 1 fully saturated rings. The van der Waals surface area contributed by atoms with Crippen molar-refractivity contribution in [1.29, 1.82) is 0 Å². The van der Waals surface area contributed by atoms with Crippen LogP contribution in [0.1, 0.15) is 40.9 Å². The van der Waals surface area contributed by atoms with Gasteiger partial charge in [-0.1, -0.05) is 46.3 Å². The minimum absolute atomic E-state index is 0.0300. The number of nitrogens with one attached hydrogen (secondary N) is 3. The average Bonchev–Trinajstić information content (AvgIpc) is 3.85. The number of piperazine rings is 1. The molecule has 5 amide bonds. The lowest BCUT2D eigenvalue weighted by atomic mass is 9.95. The van der Waals surface area contributed by atoms with Gasteiger partial charge in [0.1, 0.15) is 11.4 Å². The monoisotopic (exact) mass is 892 g/mol.